The van der Waals surface area contributed by atoms with Crippen LogP contribution in [0.5, 0.6) is 0 Å². The molecule has 0 radical (unpaired) electrons. The van der Waals surface area contributed by atoms with E-state index in [0.717, 1.165) is 41.4 Å². The lowest BCUT2D eigenvalue weighted by molar-refractivity contribution is 0.177. The van der Waals surface area contributed by atoms with Gasteiger partial charge in [-0.25, -0.2) is 0 Å². The van der Waals surface area contributed by atoms with Gasteiger partial charge < -0.3 is 0 Å². The van der Waals surface area contributed by atoms with E-state index < -0.39 is 0 Å². The van der Waals surface area contributed by atoms with Crippen molar-refractivity contribution in [2.24, 2.45) is 41.4 Å². The molecule has 4 rings (SSSR count). The second-order valence-electron chi connectivity index (χ2n) is 9.86. The highest BCUT2D eigenvalue weighted by molar-refractivity contribution is 4.95. The lowest BCUT2D eigenvalue weighted by Gasteiger charge is -2.33. The number of rotatable bonds is 6. The van der Waals surface area contributed by atoms with Crippen LogP contribution >= 0.6 is 0 Å². The van der Waals surface area contributed by atoms with E-state index in [1.807, 2.05) is 0 Å². The van der Waals surface area contributed by atoms with Gasteiger partial charge in [0.05, 0.1) is 0 Å². The van der Waals surface area contributed by atoms with E-state index >= 15 is 0 Å². The molecule has 7 atom stereocenters. The van der Waals surface area contributed by atoms with E-state index in [4.69, 9.17) is 0 Å². The Labute approximate surface area is 150 Å². The molecule has 0 aromatic rings. The van der Waals surface area contributed by atoms with Crippen LogP contribution in [0.2, 0.25) is 0 Å². The van der Waals surface area contributed by atoms with Crippen molar-refractivity contribution in [2.75, 3.05) is 0 Å². The second kappa shape index (κ2) is 7.96. The van der Waals surface area contributed by atoms with E-state index in [2.05, 4.69) is 12.7 Å². The van der Waals surface area contributed by atoms with Crippen molar-refractivity contribution in [3.8, 4) is 0 Å². The molecular formula is C24H40. The molecule has 0 nitrogen and oxygen atoms in total. The zero-order valence-corrected chi connectivity index (χ0v) is 15.9. The first-order valence-electron chi connectivity index (χ1n) is 11.5. The van der Waals surface area contributed by atoms with E-state index in [0.29, 0.717) is 0 Å². The van der Waals surface area contributed by atoms with Gasteiger partial charge in [0.25, 0.3) is 0 Å². The molecule has 0 heterocycles. The molecule has 0 amide bonds. The van der Waals surface area contributed by atoms with Crippen molar-refractivity contribution in [1.29, 1.82) is 0 Å². The Balaban J connectivity index is 1.33. The minimum Gasteiger partial charge on any atom is -0.103 e. The van der Waals surface area contributed by atoms with Crippen LogP contribution < -0.4 is 0 Å². The zero-order chi connectivity index (χ0) is 16.4. The van der Waals surface area contributed by atoms with Crippen LogP contribution in [0.3, 0.4) is 0 Å². The fourth-order valence-corrected chi connectivity index (χ4v) is 7.74. The lowest BCUT2D eigenvalue weighted by atomic mass is 9.73. The van der Waals surface area contributed by atoms with Crippen LogP contribution in [0.15, 0.2) is 12.7 Å². The first-order valence-corrected chi connectivity index (χ1v) is 11.5. The van der Waals surface area contributed by atoms with Crippen molar-refractivity contribution < 1.29 is 0 Å². The summed E-state index contributed by atoms with van der Waals surface area (Å²) >= 11 is 0. The van der Waals surface area contributed by atoms with Crippen molar-refractivity contribution in [1.82, 2.24) is 0 Å². The smallest absolute Gasteiger partial charge is 0.0351 e. The van der Waals surface area contributed by atoms with Gasteiger partial charge in [0.15, 0.2) is 0 Å². The van der Waals surface area contributed by atoms with Crippen LogP contribution in [-0.4, -0.2) is 0 Å². The standard InChI is InChI=1S/C24H40/c1-2-3-8-20-17-21(24-12-7-6-11-23(20)24)16-15-19-14-13-18-9-4-5-10-22(18)19/h2,18-24H,1,3-17H2. The molecule has 4 saturated carbocycles. The van der Waals surface area contributed by atoms with Gasteiger partial charge in [-0.05, 0) is 106 Å². The third-order valence-electron chi connectivity index (χ3n) is 8.82. The maximum absolute atomic E-state index is 3.97. The Morgan fingerprint density at radius 3 is 2.00 bits per heavy atom. The Kier molecular flexibility index (Phi) is 5.70. The summed E-state index contributed by atoms with van der Waals surface area (Å²) in [6, 6.07) is 0. The van der Waals surface area contributed by atoms with E-state index in [9.17, 15) is 0 Å². The minimum atomic E-state index is 1.05. The molecule has 0 aliphatic heterocycles. The van der Waals surface area contributed by atoms with Gasteiger partial charge in [0.2, 0.25) is 0 Å². The minimum absolute atomic E-state index is 1.05. The molecule has 4 aliphatic carbocycles. The first kappa shape index (κ1) is 17.2. The van der Waals surface area contributed by atoms with E-state index in [1.165, 1.54) is 38.5 Å². The third kappa shape index (κ3) is 3.49. The second-order valence-corrected chi connectivity index (χ2v) is 9.86. The number of allylic oxidation sites excluding steroid dienone is 1. The predicted molar refractivity (Wildman–Crippen MR) is 104 cm³/mol. The van der Waals surface area contributed by atoms with E-state index in [-0.39, 0.29) is 0 Å². The monoisotopic (exact) mass is 328 g/mol. The van der Waals surface area contributed by atoms with Crippen LogP contribution in [0.1, 0.15) is 96.3 Å². The summed E-state index contributed by atoms with van der Waals surface area (Å²) < 4.78 is 0. The van der Waals surface area contributed by atoms with Crippen LogP contribution in [0, 0.1) is 41.4 Å². The zero-order valence-electron chi connectivity index (χ0n) is 15.9. The fraction of sp³-hybridized carbons (Fsp3) is 0.917. The molecule has 0 heteroatoms. The van der Waals surface area contributed by atoms with Gasteiger partial charge in [-0.15, -0.1) is 6.58 Å². The van der Waals surface area contributed by atoms with Crippen LogP contribution in [0.4, 0.5) is 0 Å². The van der Waals surface area contributed by atoms with E-state index in [1.54, 1.807) is 57.8 Å². The molecule has 0 bridgehead atoms. The average molecular weight is 329 g/mol. The molecule has 136 valence electrons. The van der Waals surface area contributed by atoms with Gasteiger partial charge in [0, 0.05) is 0 Å². The molecule has 4 aliphatic rings. The summed E-state index contributed by atoms with van der Waals surface area (Å²) in [5.74, 6) is 7.72. The average Bonchev–Trinajstić information content (AvgIpc) is 3.20. The molecular weight excluding hydrogens is 288 g/mol. The van der Waals surface area contributed by atoms with Gasteiger partial charge in [-0.1, -0.05) is 38.2 Å². The van der Waals surface area contributed by atoms with Crippen molar-refractivity contribution in [3.63, 3.8) is 0 Å². The van der Waals surface area contributed by atoms with Crippen molar-refractivity contribution in [2.45, 2.75) is 96.3 Å². The first-order chi connectivity index (χ1) is 11.9. The number of fused-ring (bicyclic) bond motifs is 2. The lowest BCUT2D eigenvalue weighted by Crippen LogP contribution is -2.23. The Morgan fingerprint density at radius 2 is 1.25 bits per heavy atom. The van der Waals surface area contributed by atoms with Crippen LogP contribution in [-0.2, 0) is 0 Å². The molecule has 0 N–H and O–H groups in total. The molecule has 0 saturated heterocycles. The summed E-state index contributed by atoms with van der Waals surface area (Å²) in [6.07, 6.45) is 25.1. The van der Waals surface area contributed by atoms with Gasteiger partial charge in [-0.3, -0.25) is 0 Å². The quantitative estimate of drug-likeness (QED) is 0.446. The molecule has 0 aromatic heterocycles. The summed E-state index contributed by atoms with van der Waals surface area (Å²) in [4.78, 5) is 0. The Morgan fingerprint density at radius 1 is 0.625 bits per heavy atom. The summed E-state index contributed by atoms with van der Waals surface area (Å²) in [5.41, 5.74) is 0. The Hall–Kier alpha value is -0.260. The highest BCUT2D eigenvalue weighted by atomic mass is 14.5. The van der Waals surface area contributed by atoms with Gasteiger partial charge in [0.1, 0.15) is 0 Å². The molecule has 4 fully saturated rings. The molecule has 0 spiro atoms. The molecule has 24 heavy (non-hydrogen) atoms. The van der Waals surface area contributed by atoms with Gasteiger partial charge >= 0.3 is 0 Å². The fourth-order valence-electron chi connectivity index (χ4n) is 7.74. The SMILES string of the molecule is C=CCCC1CC(CCC2CCC3CCCCC32)C2CCCCC12. The summed E-state index contributed by atoms with van der Waals surface area (Å²) in [5, 5.41) is 0. The van der Waals surface area contributed by atoms with Gasteiger partial charge in [-0.2, -0.15) is 0 Å². The molecule has 7 unspecified atom stereocenters. The maximum Gasteiger partial charge on any atom is -0.0351 e. The third-order valence-corrected chi connectivity index (χ3v) is 8.82. The predicted octanol–water partition coefficient (Wildman–Crippen LogP) is 7.39. The van der Waals surface area contributed by atoms with Crippen molar-refractivity contribution in [3.05, 3.63) is 12.7 Å². The topological polar surface area (TPSA) is 0 Å². The number of hydrogen-bond donors (Lipinski definition) is 0. The van der Waals surface area contributed by atoms with Crippen molar-refractivity contribution >= 4 is 0 Å². The van der Waals surface area contributed by atoms with Crippen LogP contribution in [0.25, 0.3) is 0 Å². The maximum atomic E-state index is 3.97. The summed E-state index contributed by atoms with van der Waals surface area (Å²) in [7, 11) is 0. The highest BCUT2D eigenvalue weighted by Gasteiger charge is 2.44. The normalized spacial score (nSPS) is 44.9. The Bertz CT molecular complexity index is 410. The number of hydrogen-bond acceptors (Lipinski definition) is 0. The summed E-state index contributed by atoms with van der Waals surface area (Å²) in [6.45, 7) is 3.97. The molecule has 0 aromatic carbocycles. The largest absolute Gasteiger partial charge is 0.103 e. The highest BCUT2D eigenvalue weighted by Crippen LogP contribution is 2.54.